The minimum absolute atomic E-state index is 0.170. The molecule has 4 aliphatic rings. The van der Waals surface area contributed by atoms with Crippen molar-refractivity contribution in [1.82, 2.24) is 0 Å². The van der Waals surface area contributed by atoms with Crippen LogP contribution in [0.15, 0.2) is 200 Å². The Morgan fingerprint density at radius 3 is 1.88 bits per heavy atom. The molecule has 5 atom stereocenters. The lowest BCUT2D eigenvalue weighted by Gasteiger charge is -2.41. The predicted molar refractivity (Wildman–Crippen MR) is 256 cm³/mol. The molecule has 6 aromatic rings. The maximum Gasteiger partial charge on any atom is 0.0625 e. The highest BCUT2D eigenvalue weighted by atomic mass is 15.2. The second-order valence-corrected chi connectivity index (χ2v) is 17.4. The Morgan fingerprint density at radius 1 is 0.533 bits per heavy atom. The highest BCUT2D eigenvalue weighted by Gasteiger charge is 2.33. The summed E-state index contributed by atoms with van der Waals surface area (Å²) in [7, 11) is 0. The molecular formula is C58H54N2. The average molecular weight is 779 g/mol. The molecule has 0 aromatic heterocycles. The van der Waals surface area contributed by atoms with Crippen molar-refractivity contribution >= 4 is 34.5 Å². The van der Waals surface area contributed by atoms with Gasteiger partial charge in [-0.05, 0) is 150 Å². The molecule has 10 rings (SSSR count). The maximum absolute atomic E-state index is 2.60. The second-order valence-electron chi connectivity index (χ2n) is 17.4. The van der Waals surface area contributed by atoms with Crippen molar-refractivity contribution < 1.29 is 0 Å². The Bertz CT molecular complexity index is 2550. The molecule has 2 nitrogen and oxygen atoms in total. The Hall–Kier alpha value is -6.38. The van der Waals surface area contributed by atoms with Gasteiger partial charge in [0.25, 0.3) is 0 Å². The molecule has 0 bridgehead atoms. The van der Waals surface area contributed by atoms with Crippen LogP contribution in [0.5, 0.6) is 0 Å². The second kappa shape index (κ2) is 16.7. The van der Waals surface area contributed by atoms with Crippen LogP contribution in [0.3, 0.4) is 0 Å². The molecule has 0 saturated heterocycles. The molecule has 0 N–H and O–H groups in total. The summed E-state index contributed by atoms with van der Waals surface area (Å²) in [6.45, 7) is 4.75. The van der Waals surface area contributed by atoms with Crippen molar-refractivity contribution in [2.24, 2.45) is 17.8 Å². The summed E-state index contributed by atoms with van der Waals surface area (Å²) in [4.78, 5) is 5.05. The molecule has 0 radical (unpaired) electrons. The third kappa shape index (κ3) is 7.64. The first-order valence-corrected chi connectivity index (χ1v) is 22.1. The molecular weight excluding hydrogens is 725 g/mol. The lowest BCUT2D eigenvalue weighted by Crippen LogP contribution is -2.39. The first-order valence-electron chi connectivity index (χ1n) is 22.1. The number of aryl methyl sites for hydroxylation is 1. The minimum atomic E-state index is 0.170. The van der Waals surface area contributed by atoms with Gasteiger partial charge in [0.05, 0.1) is 6.04 Å². The van der Waals surface area contributed by atoms with Crippen LogP contribution in [-0.4, -0.2) is 6.04 Å². The van der Waals surface area contributed by atoms with Crippen molar-refractivity contribution in [3.05, 3.63) is 216 Å². The zero-order chi connectivity index (χ0) is 40.4. The zero-order valence-corrected chi connectivity index (χ0v) is 34.9. The van der Waals surface area contributed by atoms with Gasteiger partial charge in [-0.3, -0.25) is 0 Å². The number of benzene rings is 6. The Balaban J connectivity index is 1.10. The van der Waals surface area contributed by atoms with E-state index in [1.165, 1.54) is 68.7 Å². The standard InChI is InChI=1S/C58H54N2/c1-41-14-11-22-47(36-41)46-26-29-51(30-27-46)59(55-39-49(43-16-5-3-6-17-43)37-50(40-55)44-18-7-4-8-19-44)52-32-34-53(35-33-52)60(54-31-28-45-20-9-10-21-48(45)38-54)58-25-13-23-56-42(2)15-12-24-57(56)58/h3-9,11-13,16-20,22-35,37-42,47,57-58H,10,14-15,21,36H2,1-2H3. The third-order valence-corrected chi connectivity index (χ3v) is 13.3. The molecule has 0 aliphatic heterocycles. The summed E-state index contributed by atoms with van der Waals surface area (Å²) < 4.78 is 0. The van der Waals surface area contributed by atoms with Crippen molar-refractivity contribution in [2.45, 2.75) is 57.9 Å². The van der Waals surface area contributed by atoms with Gasteiger partial charge in [0, 0.05) is 40.3 Å². The lowest BCUT2D eigenvalue weighted by molar-refractivity contribution is 0.489. The number of anilines is 5. The molecule has 4 aliphatic carbocycles. The summed E-state index contributed by atoms with van der Waals surface area (Å²) in [5.41, 5.74) is 16.4. The first kappa shape index (κ1) is 37.9. The lowest BCUT2D eigenvalue weighted by atomic mass is 9.75. The molecule has 0 fully saturated rings. The van der Waals surface area contributed by atoms with Crippen molar-refractivity contribution in [1.29, 1.82) is 0 Å². The molecule has 2 heteroatoms. The van der Waals surface area contributed by atoms with Crippen LogP contribution in [0.4, 0.5) is 28.4 Å². The van der Waals surface area contributed by atoms with Gasteiger partial charge in [-0.25, -0.2) is 0 Å². The van der Waals surface area contributed by atoms with E-state index in [9.17, 15) is 0 Å². The number of hydrogen-bond donors (Lipinski definition) is 0. The summed E-state index contributed by atoms with van der Waals surface area (Å²) in [6.07, 6.45) is 27.0. The van der Waals surface area contributed by atoms with Crippen molar-refractivity contribution in [3.8, 4) is 22.3 Å². The maximum atomic E-state index is 2.60. The average Bonchev–Trinajstić information content (AvgIpc) is 3.31. The van der Waals surface area contributed by atoms with Crippen LogP contribution in [0.2, 0.25) is 0 Å². The van der Waals surface area contributed by atoms with Gasteiger partial charge in [-0.15, -0.1) is 0 Å². The number of allylic oxidation sites excluding steroid dienone is 6. The van der Waals surface area contributed by atoms with Crippen LogP contribution in [0, 0.1) is 17.8 Å². The van der Waals surface area contributed by atoms with E-state index in [2.05, 4.69) is 224 Å². The zero-order valence-electron chi connectivity index (χ0n) is 34.9. The van der Waals surface area contributed by atoms with Gasteiger partial charge in [-0.2, -0.15) is 0 Å². The van der Waals surface area contributed by atoms with Gasteiger partial charge in [0.15, 0.2) is 0 Å². The highest BCUT2D eigenvalue weighted by molar-refractivity contribution is 5.85. The molecule has 0 amide bonds. The van der Waals surface area contributed by atoms with Gasteiger partial charge in [0.1, 0.15) is 0 Å². The molecule has 0 saturated carbocycles. The largest absolute Gasteiger partial charge is 0.334 e. The highest BCUT2D eigenvalue weighted by Crippen LogP contribution is 2.45. The molecule has 6 aromatic carbocycles. The van der Waals surface area contributed by atoms with Crippen molar-refractivity contribution in [2.75, 3.05) is 9.80 Å². The smallest absolute Gasteiger partial charge is 0.0625 e. The first-order chi connectivity index (χ1) is 29.6. The summed E-state index contributed by atoms with van der Waals surface area (Å²) in [5.74, 6) is 2.02. The van der Waals surface area contributed by atoms with Gasteiger partial charge in [0.2, 0.25) is 0 Å². The third-order valence-electron chi connectivity index (χ3n) is 13.3. The number of fused-ring (bicyclic) bond motifs is 2. The van der Waals surface area contributed by atoms with Crippen LogP contribution in [0.1, 0.15) is 62.1 Å². The summed E-state index contributed by atoms with van der Waals surface area (Å²) in [5, 5.41) is 0. The van der Waals surface area contributed by atoms with E-state index in [1.807, 2.05) is 0 Å². The summed E-state index contributed by atoms with van der Waals surface area (Å²) >= 11 is 0. The molecule has 296 valence electrons. The predicted octanol–water partition coefficient (Wildman–Crippen LogP) is 15.7. The summed E-state index contributed by atoms with van der Waals surface area (Å²) in [6, 6.07) is 54.7. The fraction of sp³-hybridized carbons (Fsp3) is 0.207. The van der Waals surface area contributed by atoms with E-state index in [-0.39, 0.29) is 6.04 Å². The van der Waals surface area contributed by atoms with E-state index in [1.54, 1.807) is 0 Å². The van der Waals surface area contributed by atoms with Crippen LogP contribution in [0.25, 0.3) is 28.3 Å². The molecule has 5 unspecified atom stereocenters. The molecule has 0 spiro atoms. The molecule has 0 heterocycles. The van der Waals surface area contributed by atoms with Gasteiger partial charge < -0.3 is 9.80 Å². The Morgan fingerprint density at radius 2 is 1.18 bits per heavy atom. The van der Waals surface area contributed by atoms with Crippen LogP contribution < -0.4 is 9.80 Å². The van der Waals surface area contributed by atoms with E-state index in [0.29, 0.717) is 23.7 Å². The van der Waals surface area contributed by atoms with Gasteiger partial charge >= 0.3 is 0 Å². The number of hydrogen-bond acceptors (Lipinski definition) is 2. The fourth-order valence-corrected chi connectivity index (χ4v) is 10.0. The normalized spacial score (nSPS) is 21.5. The topological polar surface area (TPSA) is 6.48 Å². The van der Waals surface area contributed by atoms with Crippen molar-refractivity contribution in [3.63, 3.8) is 0 Å². The number of nitrogens with zero attached hydrogens (tertiary/aromatic N) is 2. The molecule has 60 heavy (non-hydrogen) atoms. The monoisotopic (exact) mass is 778 g/mol. The minimum Gasteiger partial charge on any atom is -0.334 e. The Kier molecular flexibility index (Phi) is 10.5. The van der Waals surface area contributed by atoms with Gasteiger partial charge in [-0.1, -0.05) is 153 Å². The van der Waals surface area contributed by atoms with E-state index >= 15 is 0 Å². The van der Waals surface area contributed by atoms with E-state index in [4.69, 9.17) is 0 Å². The number of rotatable bonds is 9. The fourth-order valence-electron chi connectivity index (χ4n) is 10.0. The quantitative estimate of drug-likeness (QED) is 0.135. The Labute approximate surface area is 357 Å². The van der Waals surface area contributed by atoms with Crippen LogP contribution >= 0.6 is 0 Å². The van der Waals surface area contributed by atoms with Crippen LogP contribution in [-0.2, 0) is 6.42 Å². The SMILES string of the molecule is CC1CC=CC(c2ccc(N(c3ccc(N(c4ccc5c(c4)CCC=C5)C4C=CC=C5C(C)CC=CC54)cc3)c3cc(-c4ccccc4)cc(-c4ccccc4)c3)cc2)C1. The van der Waals surface area contributed by atoms with E-state index in [0.717, 1.165) is 36.3 Å². The van der Waals surface area contributed by atoms with E-state index < -0.39 is 0 Å².